The third-order valence-electron chi connectivity index (χ3n) is 6.23. The zero-order chi connectivity index (χ0) is 23.9. The summed E-state index contributed by atoms with van der Waals surface area (Å²) in [4.78, 5) is 27.2. The van der Waals surface area contributed by atoms with E-state index in [4.69, 9.17) is 4.74 Å². The molecule has 0 bridgehead atoms. The molecular formula is C22H24N4O5S3. The van der Waals surface area contributed by atoms with Gasteiger partial charge in [0.15, 0.2) is 0 Å². The molecule has 1 aromatic carbocycles. The molecule has 1 atom stereocenters. The van der Waals surface area contributed by atoms with Gasteiger partial charge >= 0.3 is 5.97 Å². The number of thiophene rings is 1. The first-order valence-electron chi connectivity index (χ1n) is 11.3. The van der Waals surface area contributed by atoms with Crippen LogP contribution in [-0.4, -0.2) is 52.5 Å². The van der Waals surface area contributed by atoms with Crippen LogP contribution in [0.4, 0.5) is 5.00 Å². The summed E-state index contributed by atoms with van der Waals surface area (Å²) in [5.74, 6) is -0.885. The summed E-state index contributed by atoms with van der Waals surface area (Å²) >= 11 is 2.34. The van der Waals surface area contributed by atoms with Gasteiger partial charge in [-0.05, 0) is 63.1 Å². The van der Waals surface area contributed by atoms with Gasteiger partial charge in [0.05, 0.1) is 23.9 Å². The van der Waals surface area contributed by atoms with Gasteiger partial charge in [0.25, 0.3) is 0 Å². The van der Waals surface area contributed by atoms with Crippen LogP contribution < -0.4 is 5.32 Å². The van der Waals surface area contributed by atoms with Crippen molar-refractivity contribution in [2.75, 3.05) is 18.5 Å². The van der Waals surface area contributed by atoms with E-state index >= 15 is 0 Å². The number of aromatic nitrogens is 2. The minimum atomic E-state index is -3.97. The second-order valence-electron chi connectivity index (χ2n) is 8.29. The maximum absolute atomic E-state index is 13.5. The van der Waals surface area contributed by atoms with Crippen LogP contribution in [-0.2, 0) is 32.4 Å². The highest BCUT2D eigenvalue weighted by atomic mass is 32.2. The molecule has 2 aromatic heterocycles. The van der Waals surface area contributed by atoms with E-state index in [-0.39, 0.29) is 18.0 Å². The Morgan fingerprint density at radius 3 is 2.85 bits per heavy atom. The molecule has 12 heteroatoms. The van der Waals surface area contributed by atoms with Gasteiger partial charge in [-0.25, -0.2) is 13.2 Å². The number of aryl methyl sites for hydroxylation is 1. The topological polar surface area (TPSA) is 119 Å². The van der Waals surface area contributed by atoms with Gasteiger partial charge in [0, 0.05) is 11.4 Å². The first-order chi connectivity index (χ1) is 16.4. The van der Waals surface area contributed by atoms with Crippen molar-refractivity contribution >= 4 is 61.0 Å². The summed E-state index contributed by atoms with van der Waals surface area (Å²) in [7, 11) is -3.97. The normalized spacial score (nSPS) is 18.7. The number of nitrogens with zero attached hydrogens (tertiary/aromatic N) is 3. The first-order valence-corrected chi connectivity index (χ1v) is 14.3. The molecule has 3 aromatic rings. The standard InChI is InChI=1S/C22H24N4O5S3/c1-2-31-22(28)18-13-7-3-4-10-16(13)32-21(18)23-20(27)15-9-6-12-26(15)34(29,30)17-11-5-8-14-19(17)25-33-24-14/h5,8,11,15H,2-4,6-7,9-10,12H2,1H3,(H,23,27)/t15-/m0/s1. The third-order valence-corrected chi connectivity index (χ3v) is 9.92. The van der Waals surface area contributed by atoms with Crippen molar-refractivity contribution in [3.05, 3.63) is 34.2 Å². The average molecular weight is 521 g/mol. The molecule has 5 rings (SSSR count). The van der Waals surface area contributed by atoms with Gasteiger partial charge in [-0.15, -0.1) is 11.3 Å². The van der Waals surface area contributed by atoms with Gasteiger partial charge < -0.3 is 10.1 Å². The van der Waals surface area contributed by atoms with Crippen molar-refractivity contribution in [3.8, 4) is 0 Å². The van der Waals surface area contributed by atoms with Crippen LogP contribution in [0, 0.1) is 0 Å². The van der Waals surface area contributed by atoms with Crippen molar-refractivity contribution in [2.45, 2.75) is 56.4 Å². The average Bonchev–Trinajstić information content (AvgIpc) is 3.56. The molecule has 9 nitrogen and oxygen atoms in total. The number of ether oxygens (including phenoxy) is 1. The molecule has 1 saturated heterocycles. The van der Waals surface area contributed by atoms with Crippen LogP contribution in [0.1, 0.15) is 53.4 Å². The van der Waals surface area contributed by atoms with Gasteiger partial charge in [-0.1, -0.05) is 6.07 Å². The molecule has 34 heavy (non-hydrogen) atoms. The van der Waals surface area contributed by atoms with Crippen LogP contribution in [0.5, 0.6) is 0 Å². The van der Waals surface area contributed by atoms with Gasteiger partial charge in [0.1, 0.15) is 27.0 Å². The number of esters is 1. The van der Waals surface area contributed by atoms with Crippen LogP contribution >= 0.6 is 23.1 Å². The van der Waals surface area contributed by atoms with E-state index in [1.54, 1.807) is 19.1 Å². The molecule has 0 saturated carbocycles. The van der Waals surface area contributed by atoms with E-state index in [1.807, 2.05) is 0 Å². The maximum atomic E-state index is 13.5. The monoisotopic (exact) mass is 520 g/mol. The number of carbonyl (C=O) groups is 2. The van der Waals surface area contributed by atoms with Crippen LogP contribution in [0.15, 0.2) is 23.1 Å². The lowest BCUT2D eigenvalue weighted by molar-refractivity contribution is -0.119. The van der Waals surface area contributed by atoms with E-state index in [1.165, 1.54) is 21.7 Å². The van der Waals surface area contributed by atoms with E-state index in [2.05, 4.69) is 14.1 Å². The summed E-state index contributed by atoms with van der Waals surface area (Å²) in [5.41, 5.74) is 2.19. The Bertz CT molecular complexity index is 1360. The number of rotatable bonds is 6. The highest BCUT2D eigenvalue weighted by Crippen LogP contribution is 2.39. The van der Waals surface area contributed by atoms with Gasteiger partial charge in [-0.3, -0.25) is 4.79 Å². The van der Waals surface area contributed by atoms with Crippen molar-refractivity contribution < 1.29 is 22.7 Å². The molecule has 0 spiro atoms. The lowest BCUT2D eigenvalue weighted by Gasteiger charge is -2.23. The Hall–Kier alpha value is -2.41. The van der Waals surface area contributed by atoms with E-state index in [0.29, 0.717) is 34.4 Å². The maximum Gasteiger partial charge on any atom is 0.341 e. The molecule has 0 radical (unpaired) electrons. The number of hydrogen-bond acceptors (Lipinski definition) is 9. The third kappa shape index (κ3) is 4.02. The highest BCUT2D eigenvalue weighted by Gasteiger charge is 2.41. The minimum absolute atomic E-state index is 0.0530. The summed E-state index contributed by atoms with van der Waals surface area (Å²) in [5, 5.41) is 3.33. The summed E-state index contributed by atoms with van der Waals surface area (Å²) in [6.45, 7) is 2.22. The Balaban J connectivity index is 1.45. The van der Waals surface area contributed by atoms with E-state index < -0.39 is 27.9 Å². The molecule has 1 N–H and O–H groups in total. The number of amides is 1. The molecule has 1 fully saturated rings. The Labute approximate surface area is 205 Å². The summed E-state index contributed by atoms with van der Waals surface area (Å²) < 4.78 is 41.9. The van der Waals surface area contributed by atoms with Crippen LogP contribution in [0.3, 0.4) is 0 Å². The highest BCUT2D eigenvalue weighted by molar-refractivity contribution is 7.89. The Morgan fingerprint density at radius 1 is 1.21 bits per heavy atom. The Morgan fingerprint density at radius 2 is 2.03 bits per heavy atom. The lowest BCUT2D eigenvalue weighted by Crippen LogP contribution is -2.43. The van der Waals surface area contributed by atoms with Crippen molar-refractivity contribution in [1.82, 2.24) is 13.1 Å². The zero-order valence-corrected chi connectivity index (χ0v) is 21.0. The predicted molar refractivity (Wildman–Crippen MR) is 130 cm³/mol. The molecule has 180 valence electrons. The zero-order valence-electron chi connectivity index (χ0n) is 18.6. The quantitative estimate of drug-likeness (QED) is 0.493. The number of hydrogen-bond donors (Lipinski definition) is 1. The van der Waals surface area contributed by atoms with E-state index in [9.17, 15) is 18.0 Å². The molecular weight excluding hydrogens is 496 g/mol. The number of sulfonamides is 1. The number of benzene rings is 1. The summed E-state index contributed by atoms with van der Waals surface area (Å²) in [6, 6.07) is 3.96. The molecule has 1 aliphatic heterocycles. The van der Waals surface area contributed by atoms with Crippen molar-refractivity contribution in [1.29, 1.82) is 0 Å². The number of nitrogens with one attached hydrogen (secondary N) is 1. The molecule has 1 amide bonds. The van der Waals surface area contributed by atoms with Crippen LogP contribution in [0.2, 0.25) is 0 Å². The fourth-order valence-corrected chi connectivity index (χ4v) is 8.37. The first kappa shape index (κ1) is 23.3. The fourth-order valence-electron chi connectivity index (χ4n) is 4.67. The van der Waals surface area contributed by atoms with E-state index in [0.717, 1.165) is 47.9 Å². The van der Waals surface area contributed by atoms with Crippen LogP contribution in [0.25, 0.3) is 11.0 Å². The largest absolute Gasteiger partial charge is 0.462 e. The minimum Gasteiger partial charge on any atom is -0.462 e. The molecule has 2 aliphatic rings. The SMILES string of the molecule is CCOC(=O)c1c(NC(=O)[C@@H]2CCCN2S(=O)(=O)c2cccc3nsnc23)sc2c1CCCC2. The number of carbonyl (C=O) groups excluding carboxylic acids is 2. The smallest absolute Gasteiger partial charge is 0.341 e. The number of fused-ring (bicyclic) bond motifs is 2. The second-order valence-corrected chi connectivity index (χ2v) is 11.8. The Kier molecular flexibility index (Phi) is 6.40. The fraction of sp³-hybridized carbons (Fsp3) is 0.455. The van der Waals surface area contributed by atoms with Crippen molar-refractivity contribution in [3.63, 3.8) is 0 Å². The number of anilines is 1. The van der Waals surface area contributed by atoms with Gasteiger partial charge in [0.2, 0.25) is 15.9 Å². The lowest BCUT2D eigenvalue weighted by atomic mass is 9.95. The van der Waals surface area contributed by atoms with Gasteiger partial charge in [-0.2, -0.15) is 13.1 Å². The predicted octanol–water partition coefficient (Wildman–Crippen LogP) is 3.60. The molecule has 3 heterocycles. The molecule has 0 unspecified atom stereocenters. The van der Waals surface area contributed by atoms with Crippen molar-refractivity contribution in [2.24, 2.45) is 0 Å². The molecule has 1 aliphatic carbocycles. The summed E-state index contributed by atoms with van der Waals surface area (Å²) in [6.07, 6.45) is 4.61. The second kappa shape index (κ2) is 9.33.